The van der Waals surface area contributed by atoms with Crippen molar-refractivity contribution in [3.63, 3.8) is 0 Å². The summed E-state index contributed by atoms with van der Waals surface area (Å²) in [4.78, 5) is 4.47. The van der Waals surface area contributed by atoms with Crippen LogP contribution in [0.25, 0.3) is 11.5 Å². The van der Waals surface area contributed by atoms with E-state index in [4.69, 9.17) is 9.15 Å². The summed E-state index contributed by atoms with van der Waals surface area (Å²) in [5, 5.41) is 0. The number of nitrogens with zero attached hydrogens (tertiary/aromatic N) is 1. The smallest absolute Gasteiger partial charge is 0.226 e. The van der Waals surface area contributed by atoms with Crippen LogP contribution in [0.3, 0.4) is 0 Å². The third kappa shape index (κ3) is 4.44. The van der Waals surface area contributed by atoms with Gasteiger partial charge in [0.25, 0.3) is 0 Å². The van der Waals surface area contributed by atoms with E-state index < -0.39 is 10.8 Å². The van der Waals surface area contributed by atoms with Crippen LogP contribution in [0.1, 0.15) is 37.8 Å². The summed E-state index contributed by atoms with van der Waals surface area (Å²) >= 11 is 0. The molecule has 3 rings (SSSR count). The van der Waals surface area contributed by atoms with Gasteiger partial charge in [0.1, 0.15) is 12.0 Å². The average molecular weight is 333 g/mol. The maximum atomic E-state index is 12.3. The Morgan fingerprint density at radius 2 is 1.96 bits per heavy atom. The summed E-state index contributed by atoms with van der Waals surface area (Å²) in [5.74, 6) is 3.27. The van der Waals surface area contributed by atoms with Crippen LogP contribution in [0.4, 0.5) is 0 Å². The molecule has 1 aromatic carbocycles. The second-order valence-corrected chi connectivity index (χ2v) is 7.63. The van der Waals surface area contributed by atoms with Gasteiger partial charge in [0.15, 0.2) is 0 Å². The second-order valence-electron chi connectivity index (χ2n) is 6.13. The fraction of sp³-hybridized carbons (Fsp3) is 0.500. The van der Waals surface area contributed by atoms with Crippen molar-refractivity contribution in [1.29, 1.82) is 0 Å². The molecule has 1 aromatic heterocycles. The van der Waals surface area contributed by atoms with Crippen LogP contribution in [-0.2, 0) is 16.6 Å². The molecule has 23 heavy (non-hydrogen) atoms. The Morgan fingerprint density at radius 1 is 1.22 bits per heavy atom. The lowest BCUT2D eigenvalue weighted by atomic mass is 9.91. The molecule has 0 N–H and O–H groups in total. The first-order valence-electron chi connectivity index (χ1n) is 8.18. The molecule has 1 fully saturated rings. The van der Waals surface area contributed by atoms with Crippen molar-refractivity contribution in [3.05, 3.63) is 36.2 Å². The van der Waals surface area contributed by atoms with E-state index in [0.29, 0.717) is 17.6 Å². The highest BCUT2D eigenvalue weighted by atomic mass is 32.2. The molecule has 124 valence electrons. The van der Waals surface area contributed by atoms with E-state index in [1.807, 2.05) is 24.3 Å². The largest absolute Gasteiger partial charge is 0.497 e. The van der Waals surface area contributed by atoms with Gasteiger partial charge in [-0.05, 0) is 43.0 Å². The molecule has 1 atom stereocenters. The lowest BCUT2D eigenvalue weighted by molar-refractivity contribution is 0.388. The minimum atomic E-state index is -0.859. The fourth-order valence-corrected chi connectivity index (χ4v) is 4.52. The van der Waals surface area contributed by atoms with E-state index in [2.05, 4.69) is 4.98 Å². The number of ether oxygens (including phenoxy) is 1. The van der Waals surface area contributed by atoms with Crippen LogP contribution in [0, 0.1) is 5.92 Å². The average Bonchev–Trinajstić information content (AvgIpc) is 3.04. The van der Waals surface area contributed by atoms with Gasteiger partial charge in [-0.15, -0.1) is 0 Å². The Morgan fingerprint density at radius 3 is 2.65 bits per heavy atom. The standard InChI is InChI=1S/C18H23NO3S/c1-21-17-9-7-15(8-10-17)18-19-16(11-22-18)13-23(20)12-14-5-3-2-4-6-14/h7-11,14H,2-6,12-13H2,1H3/t23-/m0/s1. The number of methoxy groups -OCH3 is 1. The van der Waals surface area contributed by atoms with Crippen molar-refractivity contribution < 1.29 is 13.4 Å². The highest BCUT2D eigenvalue weighted by molar-refractivity contribution is 7.84. The van der Waals surface area contributed by atoms with E-state index in [9.17, 15) is 4.21 Å². The molecular weight excluding hydrogens is 310 g/mol. The molecule has 0 unspecified atom stereocenters. The SMILES string of the molecule is COc1ccc(-c2nc(C[S@@](=O)CC3CCCCC3)co2)cc1. The lowest BCUT2D eigenvalue weighted by Gasteiger charge is -2.20. The van der Waals surface area contributed by atoms with Gasteiger partial charge in [-0.25, -0.2) is 4.98 Å². The van der Waals surface area contributed by atoms with Crippen molar-refractivity contribution in [1.82, 2.24) is 4.98 Å². The maximum absolute atomic E-state index is 12.3. The second kappa shape index (κ2) is 7.77. The summed E-state index contributed by atoms with van der Waals surface area (Å²) in [5.41, 5.74) is 1.67. The van der Waals surface area contributed by atoms with E-state index in [-0.39, 0.29) is 0 Å². The molecule has 4 nitrogen and oxygen atoms in total. The van der Waals surface area contributed by atoms with Gasteiger partial charge < -0.3 is 9.15 Å². The van der Waals surface area contributed by atoms with Crippen LogP contribution in [-0.4, -0.2) is 22.1 Å². The summed E-state index contributed by atoms with van der Waals surface area (Å²) in [6.07, 6.45) is 7.97. The molecule has 1 saturated carbocycles. The number of hydrogen-bond acceptors (Lipinski definition) is 4. The van der Waals surface area contributed by atoms with E-state index in [1.54, 1.807) is 13.4 Å². The quantitative estimate of drug-likeness (QED) is 0.796. The Hall–Kier alpha value is -1.62. The van der Waals surface area contributed by atoms with Crippen molar-refractivity contribution in [2.75, 3.05) is 12.9 Å². The number of hydrogen-bond donors (Lipinski definition) is 0. The zero-order valence-electron chi connectivity index (χ0n) is 13.5. The minimum absolute atomic E-state index is 0.482. The molecule has 5 heteroatoms. The third-order valence-electron chi connectivity index (χ3n) is 4.34. The molecule has 1 heterocycles. The molecular formula is C18H23NO3S. The highest BCUT2D eigenvalue weighted by Gasteiger charge is 2.17. The van der Waals surface area contributed by atoms with Crippen LogP contribution in [0.15, 0.2) is 34.9 Å². The van der Waals surface area contributed by atoms with Crippen LogP contribution in [0.5, 0.6) is 5.75 Å². The molecule has 1 aliphatic rings. The Bertz CT molecular complexity index is 645. The van der Waals surface area contributed by atoms with Crippen LogP contribution >= 0.6 is 0 Å². The van der Waals surface area contributed by atoms with Crippen LogP contribution in [0.2, 0.25) is 0 Å². The minimum Gasteiger partial charge on any atom is -0.497 e. The highest BCUT2D eigenvalue weighted by Crippen LogP contribution is 2.25. The Kier molecular flexibility index (Phi) is 5.49. The first kappa shape index (κ1) is 16.2. The van der Waals surface area contributed by atoms with Gasteiger partial charge in [0.2, 0.25) is 5.89 Å². The van der Waals surface area contributed by atoms with Crippen molar-refractivity contribution in [2.24, 2.45) is 5.92 Å². The summed E-state index contributed by atoms with van der Waals surface area (Å²) in [7, 11) is 0.780. The normalized spacial score (nSPS) is 17.1. The molecule has 0 saturated heterocycles. The number of rotatable bonds is 6. The summed E-state index contributed by atoms with van der Waals surface area (Å²) in [6.45, 7) is 0. The van der Waals surface area contributed by atoms with Gasteiger partial charge in [0, 0.05) is 22.1 Å². The molecule has 0 amide bonds. The monoisotopic (exact) mass is 333 g/mol. The van der Waals surface area contributed by atoms with Gasteiger partial charge in [-0.3, -0.25) is 4.21 Å². The van der Waals surface area contributed by atoms with Gasteiger partial charge >= 0.3 is 0 Å². The predicted molar refractivity (Wildman–Crippen MR) is 91.8 cm³/mol. The summed E-state index contributed by atoms with van der Waals surface area (Å²) in [6, 6.07) is 7.57. The van der Waals surface area contributed by atoms with Crippen molar-refractivity contribution >= 4 is 10.8 Å². The number of oxazole rings is 1. The molecule has 0 spiro atoms. The van der Waals surface area contributed by atoms with Crippen molar-refractivity contribution in [2.45, 2.75) is 37.9 Å². The Balaban J connectivity index is 1.58. The number of aromatic nitrogens is 1. The van der Waals surface area contributed by atoms with Gasteiger partial charge in [0.05, 0.1) is 18.6 Å². The van der Waals surface area contributed by atoms with E-state index in [0.717, 1.165) is 22.8 Å². The Labute approximate surface area is 139 Å². The topological polar surface area (TPSA) is 52.3 Å². The van der Waals surface area contributed by atoms with Crippen molar-refractivity contribution in [3.8, 4) is 17.2 Å². The summed E-state index contributed by atoms with van der Waals surface area (Å²) < 4.78 is 23.0. The van der Waals surface area contributed by atoms with E-state index >= 15 is 0 Å². The first-order valence-corrected chi connectivity index (χ1v) is 9.67. The van der Waals surface area contributed by atoms with Gasteiger partial charge in [-0.1, -0.05) is 19.3 Å². The molecule has 0 bridgehead atoms. The zero-order chi connectivity index (χ0) is 16.1. The van der Waals surface area contributed by atoms with Gasteiger partial charge in [-0.2, -0.15) is 0 Å². The predicted octanol–water partition coefficient (Wildman–Crippen LogP) is 4.18. The lowest BCUT2D eigenvalue weighted by Crippen LogP contribution is -2.15. The maximum Gasteiger partial charge on any atom is 0.226 e. The molecule has 2 aromatic rings. The molecule has 1 aliphatic carbocycles. The molecule has 0 aliphatic heterocycles. The number of benzene rings is 1. The third-order valence-corrected chi connectivity index (χ3v) is 5.80. The van der Waals surface area contributed by atoms with E-state index in [1.165, 1.54) is 32.1 Å². The van der Waals surface area contributed by atoms with Crippen LogP contribution < -0.4 is 4.74 Å². The zero-order valence-corrected chi connectivity index (χ0v) is 14.3. The fourth-order valence-electron chi connectivity index (χ4n) is 3.08. The molecule has 0 radical (unpaired) electrons. The first-order chi connectivity index (χ1) is 11.2.